The molecule has 0 amide bonds. The minimum atomic E-state index is -1.07. The van der Waals surface area contributed by atoms with Crippen molar-refractivity contribution in [1.29, 1.82) is 0 Å². The lowest BCUT2D eigenvalue weighted by Gasteiger charge is -2.15. The van der Waals surface area contributed by atoms with Crippen LogP contribution >= 0.6 is 22.9 Å². The first kappa shape index (κ1) is 38.2. The Balaban J connectivity index is 1.14. The van der Waals surface area contributed by atoms with Gasteiger partial charge in [-0.1, -0.05) is 121 Å². The van der Waals surface area contributed by atoms with Crippen LogP contribution in [0.1, 0.15) is 43.8 Å². The summed E-state index contributed by atoms with van der Waals surface area (Å²) in [5, 5.41) is 11.6. The molecule has 8 rings (SSSR count). The van der Waals surface area contributed by atoms with E-state index in [2.05, 4.69) is 102 Å². The molecule has 2 aromatic heterocycles. The molecular weight excluding hydrogens is 762 g/mol. The fourth-order valence-corrected chi connectivity index (χ4v) is 7.78. The number of hydrogen-bond acceptors (Lipinski definition) is 6. The molecule has 0 aliphatic heterocycles. The number of aliphatic carboxylic acids is 1. The average molecular weight is 800 g/mol. The summed E-state index contributed by atoms with van der Waals surface area (Å²) in [4.78, 5) is 17.3. The monoisotopic (exact) mass is 799 g/mol. The van der Waals surface area contributed by atoms with E-state index >= 15 is 0 Å². The Morgan fingerprint density at radius 1 is 0.621 bits per heavy atom. The molecule has 0 unspecified atom stereocenters. The molecule has 0 aliphatic carbocycles. The third-order valence-corrected chi connectivity index (χ3v) is 10.9. The van der Waals surface area contributed by atoms with Crippen LogP contribution in [0.25, 0.3) is 21.7 Å². The normalized spacial score (nSPS) is 11.4. The Hall–Kier alpha value is -6.67. The molecule has 286 valence electrons. The number of ether oxygens (including phenoxy) is 3. The van der Waals surface area contributed by atoms with Gasteiger partial charge in [0.25, 0.3) is 0 Å². The van der Waals surface area contributed by atoms with Gasteiger partial charge in [-0.15, -0.1) is 11.3 Å². The predicted molar refractivity (Wildman–Crippen MR) is 233 cm³/mol. The van der Waals surface area contributed by atoms with Crippen molar-refractivity contribution >= 4 is 50.6 Å². The maximum absolute atomic E-state index is 12.6. The maximum atomic E-state index is 12.6. The largest absolute Gasteiger partial charge is 0.485 e. The third kappa shape index (κ3) is 9.64. The van der Waals surface area contributed by atoms with Crippen molar-refractivity contribution in [2.45, 2.75) is 26.1 Å². The number of carbonyl (C=O) groups is 1. The number of pyridine rings is 1. The van der Waals surface area contributed by atoms with Crippen molar-refractivity contribution < 1.29 is 24.1 Å². The van der Waals surface area contributed by atoms with Gasteiger partial charge in [0.1, 0.15) is 19.0 Å². The van der Waals surface area contributed by atoms with E-state index in [0.29, 0.717) is 51.7 Å². The molecule has 1 N–H and O–H groups in total. The highest BCUT2D eigenvalue weighted by Gasteiger charge is 2.21. The molecule has 0 spiro atoms. The number of fused-ring (bicyclic) bond motifs is 1. The van der Waals surface area contributed by atoms with Gasteiger partial charge < -0.3 is 19.3 Å². The molecule has 0 fully saturated rings. The Morgan fingerprint density at radius 3 is 1.66 bits per heavy atom. The number of nitrogens with zero attached hydrogens (tertiary/aromatic N) is 1. The van der Waals surface area contributed by atoms with Crippen molar-refractivity contribution in [1.82, 2.24) is 4.98 Å². The Kier molecular flexibility index (Phi) is 11.9. The first-order valence-electron chi connectivity index (χ1n) is 18.8. The molecular formula is C50H38ClNO5S. The molecule has 0 saturated carbocycles. The molecule has 0 radical (unpaired) electrons. The predicted octanol–water partition coefficient (Wildman–Crippen LogP) is 12.7. The van der Waals surface area contributed by atoms with E-state index < -0.39 is 5.97 Å². The number of thiophene rings is 1. The van der Waals surface area contributed by atoms with E-state index in [1.54, 1.807) is 54.9 Å². The Morgan fingerprint density at radius 2 is 1.12 bits per heavy atom. The van der Waals surface area contributed by atoms with Gasteiger partial charge in [0, 0.05) is 33.6 Å². The Labute approximate surface area is 346 Å². The first-order chi connectivity index (χ1) is 28.4. The SMILES string of the molecule is O=C(O)/C(=C/c1sc2cc(OCc3ccc(Cc4ccccc4)cc3)c(OCc3ccc(Cc4ccccc4)cc3)cc2c1Oc1ccc(Cl)cc1)c1ccncc1. The second-order valence-corrected chi connectivity index (χ2v) is 15.3. The zero-order chi connectivity index (χ0) is 39.7. The van der Waals surface area contributed by atoms with Gasteiger partial charge in [0.2, 0.25) is 0 Å². The fourth-order valence-electron chi connectivity index (χ4n) is 6.57. The second-order valence-electron chi connectivity index (χ2n) is 13.8. The highest BCUT2D eigenvalue weighted by molar-refractivity contribution is 7.20. The number of rotatable bonds is 15. The standard InChI is InChI=1S/C50H38ClNO5S/c51-41-19-21-42(22-20-41)57-49-44-29-45(55-32-38-15-11-36(12-16-38)27-34-7-3-1-4-8-34)46(56-33-39-17-13-37(14-18-39)28-35-9-5-2-6-10-35)31-47(44)58-48(49)30-43(50(53)54)40-23-25-52-26-24-40/h1-26,29-31H,27-28,32-33H2,(H,53,54)/b43-30+. The Bertz CT molecular complexity index is 2650. The molecule has 0 saturated heterocycles. The van der Waals surface area contributed by atoms with Gasteiger partial charge in [-0.05, 0) is 100 Å². The van der Waals surface area contributed by atoms with E-state index in [0.717, 1.165) is 34.1 Å². The molecule has 8 aromatic rings. The van der Waals surface area contributed by atoms with Crippen LogP contribution in [-0.2, 0) is 30.8 Å². The van der Waals surface area contributed by atoms with Crippen LogP contribution in [0.15, 0.2) is 170 Å². The summed E-state index contributed by atoms with van der Waals surface area (Å²) < 4.78 is 20.5. The zero-order valence-corrected chi connectivity index (χ0v) is 33.0. The molecule has 0 aliphatic rings. The van der Waals surface area contributed by atoms with Gasteiger partial charge in [0.15, 0.2) is 17.2 Å². The van der Waals surface area contributed by atoms with Gasteiger partial charge in [-0.25, -0.2) is 4.79 Å². The molecule has 0 atom stereocenters. The summed E-state index contributed by atoms with van der Waals surface area (Å²) in [7, 11) is 0. The van der Waals surface area contributed by atoms with Gasteiger partial charge in [-0.3, -0.25) is 4.98 Å². The van der Waals surface area contributed by atoms with E-state index in [9.17, 15) is 9.90 Å². The van der Waals surface area contributed by atoms with E-state index in [-0.39, 0.29) is 5.57 Å². The summed E-state index contributed by atoms with van der Waals surface area (Å²) in [6.45, 7) is 0.621. The van der Waals surface area contributed by atoms with Crippen LogP contribution < -0.4 is 14.2 Å². The number of aromatic nitrogens is 1. The summed E-state index contributed by atoms with van der Waals surface area (Å²) in [5.41, 5.74) is 7.59. The molecule has 58 heavy (non-hydrogen) atoms. The van der Waals surface area contributed by atoms with Crippen LogP contribution in [0.5, 0.6) is 23.0 Å². The number of benzene rings is 6. The second kappa shape index (κ2) is 18.1. The number of hydrogen-bond donors (Lipinski definition) is 1. The van der Waals surface area contributed by atoms with Crippen molar-refractivity contribution in [3.8, 4) is 23.0 Å². The summed E-state index contributed by atoms with van der Waals surface area (Å²) >= 11 is 7.62. The third-order valence-electron chi connectivity index (χ3n) is 9.60. The number of halogens is 1. The fraction of sp³-hybridized carbons (Fsp3) is 0.0800. The molecule has 6 aromatic carbocycles. The number of carboxylic acids is 1. The maximum Gasteiger partial charge on any atom is 0.336 e. The average Bonchev–Trinajstić information content (AvgIpc) is 3.58. The lowest BCUT2D eigenvalue weighted by Crippen LogP contribution is -2.01. The lowest BCUT2D eigenvalue weighted by molar-refractivity contribution is -0.130. The van der Waals surface area contributed by atoms with Crippen LogP contribution in [0.3, 0.4) is 0 Å². The van der Waals surface area contributed by atoms with Crippen molar-refractivity contribution in [3.05, 3.63) is 219 Å². The van der Waals surface area contributed by atoms with Crippen LogP contribution in [0.4, 0.5) is 0 Å². The van der Waals surface area contributed by atoms with Crippen LogP contribution in [0, 0.1) is 0 Å². The van der Waals surface area contributed by atoms with E-state index in [4.69, 9.17) is 25.8 Å². The van der Waals surface area contributed by atoms with E-state index in [1.165, 1.54) is 33.6 Å². The smallest absolute Gasteiger partial charge is 0.336 e. The zero-order valence-electron chi connectivity index (χ0n) is 31.4. The van der Waals surface area contributed by atoms with Gasteiger partial charge >= 0.3 is 5.97 Å². The summed E-state index contributed by atoms with van der Waals surface area (Å²) in [5.74, 6) is 1.06. The molecule has 2 heterocycles. The first-order valence-corrected chi connectivity index (χ1v) is 20.0. The highest BCUT2D eigenvalue weighted by Crippen LogP contribution is 2.47. The molecule has 0 bridgehead atoms. The van der Waals surface area contributed by atoms with E-state index in [1.807, 2.05) is 24.3 Å². The van der Waals surface area contributed by atoms with Gasteiger partial charge in [-0.2, -0.15) is 0 Å². The minimum Gasteiger partial charge on any atom is -0.485 e. The topological polar surface area (TPSA) is 77.9 Å². The highest BCUT2D eigenvalue weighted by atomic mass is 35.5. The lowest BCUT2D eigenvalue weighted by atomic mass is 10.0. The summed E-state index contributed by atoms with van der Waals surface area (Å²) in [6.07, 6.45) is 6.49. The number of carboxylic acid groups (broad SMARTS) is 1. The van der Waals surface area contributed by atoms with Crippen molar-refractivity contribution in [2.24, 2.45) is 0 Å². The van der Waals surface area contributed by atoms with Crippen LogP contribution in [-0.4, -0.2) is 16.1 Å². The summed E-state index contributed by atoms with van der Waals surface area (Å²) in [6, 6.07) is 52.0. The van der Waals surface area contributed by atoms with Crippen molar-refractivity contribution in [2.75, 3.05) is 0 Å². The quantitative estimate of drug-likeness (QED) is 0.104. The minimum absolute atomic E-state index is 0.106. The molecule has 8 heteroatoms. The van der Waals surface area contributed by atoms with Gasteiger partial charge in [0.05, 0.1) is 10.5 Å². The van der Waals surface area contributed by atoms with Crippen LogP contribution in [0.2, 0.25) is 5.02 Å². The molecule has 6 nitrogen and oxygen atoms in total. The van der Waals surface area contributed by atoms with Crippen molar-refractivity contribution in [3.63, 3.8) is 0 Å².